The number of halogens is 41. The third kappa shape index (κ3) is 7.30. The number of rotatable bonds is 19. The monoisotopic (exact) mass is 1100 g/mol. The van der Waals surface area contributed by atoms with Crippen LogP contribution in [0.4, 0.5) is 180 Å². The molecule has 0 fully saturated rings. The standard InChI is InChI=1S/C24H5F41O2/c1-3(2)4(66)67-22(59,19(53,54)15(45,46)11(37,38)7(29,30)9(33,34)13(41,42)17(49,50)21(57,58)24(63,64)65)18(51,52)14(43,44)10(35,36)6(27,28)5(25,26)8(31,32)12(39,40)16(47,48)20(55,56)23(60,61)62/h1H2,2H3. The molecule has 0 aliphatic heterocycles. The van der Waals surface area contributed by atoms with Gasteiger partial charge in [0.25, 0.3) is 0 Å². The van der Waals surface area contributed by atoms with E-state index in [9.17, 15) is 180 Å². The van der Waals surface area contributed by atoms with E-state index >= 15 is 4.39 Å². The molecule has 0 rings (SSSR count). The number of esters is 1. The van der Waals surface area contributed by atoms with Crippen LogP contribution in [0.1, 0.15) is 6.92 Å². The van der Waals surface area contributed by atoms with Gasteiger partial charge in [0.15, 0.2) is 0 Å². The molecule has 0 saturated carbocycles. The van der Waals surface area contributed by atoms with Crippen molar-refractivity contribution < 1.29 is 190 Å². The predicted molar refractivity (Wildman–Crippen MR) is 121 cm³/mol. The number of carbonyl (C=O) groups excluding carboxylic acids is 1. The second kappa shape index (κ2) is 15.4. The third-order valence-corrected chi connectivity index (χ3v) is 8.02. The number of hydrogen-bond donors (Lipinski definition) is 0. The molecule has 0 N–H and O–H groups in total. The average molecular weight is 1100 g/mol. The molecule has 43 heteroatoms. The first kappa shape index (κ1) is 63.3. The topological polar surface area (TPSA) is 26.3 Å². The molecule has 0 aliphatic carbocycles. The molecule has 0 bridgehead atoms. The Hall–Kier alpha value is -3.66. The van der Waals surface area contributed by atoms with E-state index in [2.05, 4.69) is 0 Å². The van der Waals surface area contributed by atoms with Gasteiger partial charge in [-0.3, -0.25) is 0 Å². The minimum atomic E-state index is -10.6. The lowest BCUT2D eigenvalue weighted by Crippen LogP contribution is -2.82. The summed E-state index contributed by atoms with van der Waals surface area (Å²) in [5, 5.41) is 0. The highest BCUT2D eigenvalue weighted by molar-refractivity contribution is 5.87. The second-order valence-electron chi connectivity index (χ2n) is 12.5. The molecule has 400 valence electrons. The van der Waals surface area contributed by atoms with E-state index < -0.39 is 137 Å². The Balaban J connectivity index is 8.61. The molecule has 0 aromatic rings. The summed E-state index contributed by atoms with van der Waals surface area (Å²) in [6.45, 7) is 1.19. The lowest BCUT2D eigenvalue weighted by molar-refractivity contribution is -0.503. The molecule has 0 radical (unpaired) electrons. The van der Waals surface area contributed by atoms with Crippen LogP contribution in [0.2, 0.25) is 0 Å². The maximum Gasteiger partial charge on any atom is 0.460 e. The van der Waals surface area contributed by atoms with Crippen LogP contribution >= 0.6 is 0 Å². The Bertz CT molecular complexity index is 1860. The Kier molecular flexibility index (Phi) is 14.6. The van der Waals surface area contributed by atoms with Gasteiger partial charge in [0, 0.05) is 5.57 Å². The molecule has 0 spiro atoms. The predicted octanol–water partition coefficient (Wildman–Crippen LogP) is 13.7. The van der Waals surface area contributed by atoms with Gasteiger partial charge in [-0.2, -0.15) is 180 Å². The summed E-state index contributed by atoms with van der Waals surface area (Å²) in [7, 11) is 0. The molecule has 0 aliphatic rings. The van der Waals surface area contributed by atoms with Crippen LogP contribution in [0.25, 0.3) is 0 Å². The number of ether oxygens (including phenoxy) is 1. The van der Waals surface area contributed by atoms with Crippen LogP contribution in [-0.4, -0.2) is 125 Å². The SMILES string of the molecule is C=C(C)C(=O)OC(F)(C(F)(F)C(F)(F)C(F)(F)C(F)(F)C(F)(F)C(F)(F)C(F)(F)C(F)(F)C(F)(F)F)C(F)(F)C(F)(F)C(F)(F)C(F)(F)C(F)(F)C(F)(F)C(F)(F)C(F)(F)C(F)(F)C(F)(F)F. The Morgan fingerprint density at radius 3 is 0.493 bits per heavy atom. The van der Waals surface area contributed by atoms with E-state index in [1.165, 1.54) is 0 Å². The van der Waals surface area contributed by atoms with Crippen molar-refractivity contribution in [1.29, 1.82) is 0 Å². The molecule has 0 aromatic heterocycles. The summed E-state index contributed by atoms with van der Waals surface area (Å²) in [6, 6.07) is 0. The lowest BCUT2D eigenvalue weighted by atomic mass is 9.81. The molecule has 0 heterocycles. The summed E-state index contributed by atoms with van der Waals surface area (Å²) in [5.41, 5.74) is -2.61. The molecule has 2 nitrogen and oxygen atoms in total. The van der Waals surface area contributed by atoms with E-state index in [0.29, 0.717) is 0 Å². The molecular formula is C24H5F41O2. The fourth-order valence-electron chi connectivity index (χ4n) is 3.86. The van der Waals surface area contributed by atoms with E-state index in [-0.39, 0.29) is 0 Å². The van der Waals surface area contributed by atoms with Gasteiger partial charge in [-0.05, 0) is 6.92 Å². The summed E-state index contributed by atoms with van der Waals surface area (Å²) >= 11 is 0. The first-order valence-electron chi connectivity index (χ1n) is 14.2. The van der Waals surface area contributed by atoms with Crippen LogP contribution in [-0.2, 0) is 9.53 Å². The van der Waals surface area contributed by atoms with Crippen molar-refractivity contribution in [1.82, 2.24) is 0 Å². The fraction of sp³-hybridized carbons (Fsp3) is 0.875. The Morgan fingerprint density at radius 2 is 0.373 bits per heavy atom. The van der Waals surface area contributed by atoms with Gasteiger partial charge < -0.3 is 4.74 Å². The zero-order chi connectivity index (χ0) is 55.9. The van der Waals surface area contributed by atoms with Crippen LogP contribution < -0.4 is 0 Å². The van der Waals surface area contributed by atoms with Crippen molar-refractivity contribution in [2.45, 2.75) is 126 Å². The summed E-state index contributed by atoms with van der Waals surface area (Å²) < 4.78 is 565. The Labute approximate surface area is 335 Å². The van der Waals surface area contributed by atoms with E-state index in [0.717, 1.165) is 0 Å². The van der Waals surface area contributed by atoms with Crippen LogP contribution in [0.3, 0.4) is 0 Å². The van der Waals surface area contributed by atoms with Crippen LogP contribution in [0.15, 0.2) is 12.2 Å². The van der Waals surface area contributed by atoms with Gasteiger partial charge in [-0.1, -0.05) is 6.58 Å². The second-order valence-corrected chi connectivity index (χ2v) is 12.5. The molecule has 0 saturated heterocycles. The van der Waals surface area contributed by atoms with E-state index in [4.69, 9.17) is 0 Å². The summed E-state index contributed by atoms with van der Waals surface area (Å²) in [4.78, 5) is 11.5. The van der Waals surface area contributed by atoms with E-state index in [1.807, 2.05) is 0 Å². The van der Waals surface area contributed by atoms with Gasteiger partial charge in [0.05, 0.1) is 0 Å². The van der Waals surface area contributed by atoms with Crippen molar-refractivity contribution in [3.05, 3.63) is 12.2 Å². The molecule has 67 heavy (non-hydrogen) atoms. The van der Waals surface area contributed by atoms with Crippen molar-refractivity contribution in [3.8, 4) is 0 Å². The lowest BCUT2D eigenvalue weighted by Gasteiger charge is -2.48. The molecule has 0 amide bonds. The van der Waals surface area contributed by atoms with Gasteiger partial charge >= 0.3 is 125 Å². The summed E-state index contributed by atoms with van der Waals surface area (Å²) in [6.07, 6.45) is -17.1. The first-order chi connectivity index (χ1) is 28.1. The zero-order valence-corrected chi connectivity index (χ0v) is 29.0. The molecule has 0 aromatic carbocycles. The number of alkyl halides is 41. The quantitative estimate of drug-likeness (QED) is 0.0732. The van der Waals surface area contributed by atoms with Gasteiger partial charge in [0.2, 0.25) is 0 Å². The molecule has 1 unspecified atom stereocenters. The van der Waals surface area contributed by atoms with Crippen LogP contribution in [0.5, 0.6) is 0 Å². The van der Waals surface area contributed by atoms with Gasteiger partial charge in [-0.25, -0.2) is 4.79 Å². The highest BCUT2D eigenvalue weighted by Crippen LogP contribution is 2.71. The fourth-order valence-corrected chi connectivity index (χ4v) is 3.86. The molecule has 1 atom stereocenters. The number of carbonyl (C=O) groups is 1. The largest absolute Gasteiger partial charge is 0.460 e. The highest BCUT2D eigenvalue weighted by atomic mass is 19.5. The van der Waals surface area contributed by atoms with Crippen molar-refractivity contribution in [2.24, 2.45) is 0 Å². The minimum absolute atomic E-state index is 0.596. The normalized spacial score (nSPS) is 17.6. The third-order valence-electron chi connectivity index (χ3n) is 8.02. The maximum absolute atomic E-state index is 15.4. The van der Waals surface area contributed by atoms with Gasteiger partial charge in [-0.15, -0.1) is 0 Å². The minimum Gasteiger partial charge on any atom is -0.413 e. The Morgan fingerprint density at radius 1 is 0.254 bits per heavy atom. The maximum atomic E-state index is 15.4. The summed E-state index contributed by atoms with van der Waals surface area (Å²) in [5.74, 6) is -186. The van der Waals surface area contributed by atoms with Gasteiger partial charge in [0.1, 0.15) is 0 Å². The molecular weight excluding hydrogens is 1100 g/mol. The van der Waals surface area contributed by atoms with Crippen LogP contribution in [0, 0.1) is 0 Å². The number of hydrogen-bond acceptors (Lipinski definition) is 2. The zero-order valence-electron chi connectivity index (χ0n) is 29.0. The van der Waals surface area contributed by atoms with Crippen molar-refractivity contribution in [2.75, 3.05) is 0 Å². The first-order valence-corrected chi connectivity index (χ1v) is 14.2. The van der Waals surface area contributed by atoms with E-state index in [1.54, 1.807) is 11.3 Å². The van der Waals surface area contributed by atoms with Crippen molar-refractivity contribution >= 4 is 5.97 Å². The highest BCUT2D eigenvalue weighted by Gasteiger charge is 3.04. The average Bonchev–Trinajstić information content (AvgIpc) is 3.08. The smallest absolute Gasteiger partial charge is 0.413 e. The van der Waals surface area contributed by atoms with Crippen molar-refractivity contribution in [3.63, 3.8) is 0 Å².